The standard InChI is InChI=1S/C15H11Cl2NO2/c1-19-14-4-2-10(8-18)6-11(14)9-20-15-5-3-12(16)7-13(15)17/h2-7H,9H2,1H3. The van der Waals surface area contributed by atoms with Crippen LogP contribution >= 0.6 is 23.2 Å². The number of rotatable bonds is 4. The second-order valence-corrected chi connectivity index (χ2v) is 4.85. The summed E-state index contributed by atoms with van der Waals surface area (Å²) in [6.45, 7) is 0.250. The van der Waals surface area contributed by atoms with Crippen molar-refractivity contribution in [3.05, 3.63) is 57.6 Å². The highest BCUT2D eigenvalue weighted by atomic mass is 35.5. The average Bonchev–Trinajstić information content (AvgIpc) is 2.46. The first-order chi connectivity index (χ1) is 9.63. The lowest BCUT2D eigenvalue weighted by Gasteiger charge is -2.11. The summed E-state index contributed by atoms with van der Waals surface area (Å²) >= 11 is 11.9. The number of hydrogen-bond donors (Lipinski definition) is 0. The molecule has 0 saturated heterocycles. The van der Waals surface area contributed by atoms with Crippen LogP contribution < -0.4 is 9.47 Å². The van der Waals surface area contributed by atoms with Crippen LogP contribution in [-0.2, 0) is 6.61 Å². The summed E-state index contributed by atoms with van der Waals surface area (Å²) in [5.74, 6) is 1.19. The Morgan fingerprint density at radius 3 is 2.50 bits per heavy atom. The third kappa shape index (κ3) is 3.36. The zero-order chi connectivity index (χ0) is 14.5. The van der Waals surface area contributed by atoms with Gasteiger partial charge in [0.25, 0.3) is 0 Å². The lowest BCUT2D eigenvalue weighted by atomic mass is 10.1. The van der Waals surface area contributed by atoms with E-state index in [1.165, 1.54) is 0 Å². The van der Waals surface area contributed by atoms with Gasteiger partial charge in [-0.25, -0.2) is 0 Å². The summed E-state index contributed by atoms with van der Waals surface area (Å²) in [7, 11) is 1.57. The fraction of sp³-hybridized carbons (Fsp3) is 0.133. The van der Waals surface area contributed by atoms with Gasteiger partial charge < -0.3 is 9.47 Å². The molecule has 0 aliphatic heterocycles. The molecule has 0 fully saturated rings. The third-order valence-corrected chi connectivity index (χ3v) is 3.22. The molecule has 0 amide bonds. The van der Waals surface area contributed by atoms with E-state index in [-0.39, 0.29) is 6.61 Å². The van der Waals surface area contributed by atoms with Crippen molar-refractivity contribution in [2.45, 2.75) is 6.61 Å². The van der Waals surface area contributed by atoms with Crippen molar-refractivity contribution < 1.29 is 9.47 Å². The van der Waals surface area contributed by atoms with Crippen LogP contribution in [0, 0.1) is 11.3 Å². The van der Waals surface area contributed by atoms with E-state index in [1.807, 2.05) is 0 Å². The van der Waals surface area contributed by atoms with Crippen LogP contribution in [0.15, 0.2) is 36.4 Å². The fourth-order valence-corrected chi connectivity index (χ4v) is 2.17. The molecule has 2 aromatic carbocycles. The molecule has 0 atom stereocenters. The third-order valence-electron chi connectivity index (χ3n) is 2.69. The van der Waals surface area contributed by atoms with E-state index in [2.05, 4.69) is 6.07 Å². The van der Waals surface area contributed by atoms with E-state index in [4.69, 9.17) is 37.9 Å². The Balaban J connectivity index is 2.20. The second kappa shape index (κ2) is 6.51. The number of hydrogen-bond acceptors (Lipinski definition) is 3. The van der Waals surface area contributed by atoms with Crippen molar-refractivity contribution in [3.8, 4) is 17.6 Å². The van der Waals surface area contributed by atoms with Crippen LogP contribution in [0.1, 0.15) is 11.1 Å². The number of ether oxygens (including phenoxy) is 2. The molecule has 0 heterocycles. The number of halogens is 2. The number of nitriles is 1. The summed E-state index contributed by atoms with van der Waals surface area (Å²) < 4.78 is 10.9. The van der Waals surface area contributed by atoms with Gasteiger partial charge in [0.2, 0.25) is 0 Å². The average molecular weight is 308 g/mol. The Labute approximate surface area is 127 Å². The van der Waals surface area contributed by atoms with E-state index in [9.17, 15) is 0 Å². The highest BCUT2D eigenvalue weighted by Gasteiger charge is 2.08. The Kier molecular flexibility index (Phi) is 4.73. The number of benzene rings is 2. The molecule has 2 rings (SSSR count). The summed E-state index contributed by atoms with van der Waals surface area (Å²) in [4.78, 5) is 0. The maximum absolute atomic E-state index is 8.92. The molecular weight excluding hydrogens is 297 g/mol. The van der Waals surface area contributed by atoms with Gasteiger partial charge in [-0.3, -0.25) is 0 Å². The largest absolute Gasteiger partial charge is 0.496 e. The SMILES string of the molecule is COc1ccc(C#N)cc1COc1ccc(Cl)cc1Cl. The van der Waals surface area contributed by atoms with Crippen LogP contribution in [-0.4, -0.2) is 7.11 Å². The quantitative estimate of drug-likeness (QED) is 0.838. The fourth-order valence-electron chi connectivity index (χ4n) is 1.71. The first kappa shape index (κ1) is 14.5. The minimum Gasteiger partial charge on any atom is -0.496 e. The normalized spacial score (nSPS) is 9.90. The Bertz CT molecular complexity index is 665. The molecule has 0 unspecified atom stereocenters. The van der Waals surface area contributed by atoms with Crippen molar-refractivity contribution in [1.82, 2.24) is 0 Å². The summed E-state index contributed by atoms with van der Waals surface area (Å²) in [5.41, 5.74) is 1.32. The summed E-state index contributed by atoms with van der Waals surface area (Å²) in [6.07, 6.45) is 0. The first-order valence-corrected chi connectivity index (χ1v) is 6.54. The molecule has 2 aromatic rings. The molecule has 0 aliphatic carbocycles. The van der Waals surface area contributed by atoms with E-state index >= 15 is 0 Å². The predicted octanol–water partition coefficient (Wildman–Crippen LogP) is 4.45. The zero-order valence-corrected chi connectivity index (χ0v) is 12.2. The van der Waals surface area contributed by atoms with Gasteiger partial charge in [0.05, 0.1) is 23.8 Å². The smallest absolute Gasteiger partial charge is 0.138 e. The molecule has 20 heavy (non-hydrogen) atoms. The minimum atomic E-state index is 0.250. The Hall–Kier alpha value is -1.89. The van der Waals surface area contributed by atoms with Gasteiger partial charge in [-0.1, -0.05) is 23.2 Å². The van der Waals surface area contributed by atoms with Crippen molar-refractivity contribution in [2.75, 3.05) is 7.11 Å². The monoisotopic (exact) mass is 307 g/mol. The molecule has 0 spiro atoms. The maximum atomic E-state index is 8.92. The van der Waals surface area contributed by atoms with Gasteiger partial charge in [-0.05, 0) is 36.4 Å². The van der Waals surface area contributed by atoms with E-state index < -0.39 is 0 Å². The van der Waals surface area contributed by atoms with Crippen LogP contribution in [0.25, 0.3) is 0 Å². The second-order valence-electron chi connectivity index (χ2n) is 4.00. The van der Waals surface area contributed by atoms with E-state index in [0.29, 0.717) is 27.1 Å². The Morgan fingerprint density at radius 2 is 1.85 bits per heavy atom. The predicted molar refractivity (Wildman–Crippen MR) is 78.5 cm³/mol. The number of nitrogens with zero attached hydrogens (tertiary/aromatic N) is 1. The molecule has 0 bridgehead atoms. The van der Waals surface area contributed by atoms with Crippen molar-refractivity contribution >= 4 is 23.2 Å². The van der Waals surface area contributed by atoms with Gasteiger partial charge in [0.1, 0.15) is 18.1 Å². The Morgan fingerprint density at radius 1 is 1.10 bits per heavy atom. The van der Waals surface area contributed by atoms with Crippen molar-refractivity contribution in [2.24, 2.45) is 0 Å². The van der Waals surface area contributed by atoms with Crippen molar-refractivity contribution in [1.29, 1.82) is 5.26 Å². The molecular formula is C15H11Cl2NO2. The van der Waals surface area contributed by atoms with Gasteiger partial charge in [0.15, 0.2) is 0 Å². The maximum Gasteiger partial charge on any atom is 0.138 e. The summed E-state index contributed by atoms with van der Waals surface area (Å²) in [6, 6.07) is 12.2. The van der Waals surface area contributed by atoms with Gasteiger partial charge in [0, 0.05) is 10.6 Å². The molecule has 0 radical (unpaired) electrons. The van der Waals surface area contributed by atoms with E-state index in [0.717, 1.165) is 5.56 Å². The van der Waals surface area contributed by atoms with E-state index in [1.54, 1.807) is 43.5 Å². The summed E-state index contributed by atoms with van der Waals surface area (Å²) in [5, 5.41) is 9.90. The van der Waals surface area contributed by atoms with Gasteiger partial charge in [-0.2, -0.15) is 5.26 Å². The highest BCUT2D eigenvalue weighted by molar-refractivity contribution is 6.35. The molecule has 0 N–H and O–H groups in total. The highest BCUT2D eigenvalue weighted by Crippen LogP contribution is 2.29. The number of methoxy groups -OCH3 is 1. The topological polar surface area (TPSA) is 42.2 Å². The molecule has 102 valence electrons. The molecule has 0 aromatic heterocycles. The molecule has 5 heteroatoms. The molecule has 3 nitrogen and oxygen atoms in total. The lowest BCUT2D eigenvalue weighted by Crippen LogP contribution is -1.99. The van der Waals surface area contributed by atoms with Crippen LogP contribution in [0.5, 0.6) is 11.5 Å². The van der Waals surface area contributed by atoms with Gasteiger partial charge in [-0.15, -0.1) is 0 Å². The molecule has 0 aliphatic rings. The lowest BCUT2D eigenvalue weighted by molar-refractivity contribution is 0.297. The van der Waals surface area contributed by atoms with Crippen molar-refractivity contribution in [3.63, 3.8) is 0 Å². The minimum absolute atomic E-state index is 0.250. The van der Waals surface area contributed by atoms with Gasteiger partial charge >= 0.3 is 0 Å². The van der Waals surface area contributed by atoms with Crippen LogP contribution in [0.2, 0.25) is 10.0 Å². The first-order valence-electron chi connectivity index (χ1n) is 5.79. The molecule has 0 saturated carbocycles. The zero-order valence-electron chi connectivity index (χ0n) is 10.7. The van der Waals surface area contributed by atoms with Crippen LogP contribution in [0.4, 0.5) is 0 Å². The van der Waals surface area contributed by atoms with Crippen LogP contribution in [0.3, 0.4) is 0 Å².